The molecule has 3 fully saturated rings. The Bertz CT molecular complexity index is 1050. The van der Waals surface area contributed by atoms with E-state index in [0.29, 0.717) is 17.1 Å². The van der Waals surface area contributed by atoms with E-state index in [1.807, 2.05) is 6.07 Å². The van der Waals surface area contributed by atoms with E-state index in [4.69, 9.17) is 33.8 Å². The molecule has 0 bridgehead atoms. The molecule has 8 heteroatoms. The molecule has 0 amide bonds. The summed E-state index contributed by atoms with van der Waals surface area (Å²) in [7, 11) is 0. The maximum absolute atomic E-state index is 6.37. The molecule has 5 rings (SSSR count). The Balaban J connectivity index is 1.33. The first-order chi connectivity index (χ1) is 17.5. The average Bonchev–Trinajstić information content (AvgIpc) is 3.44. The lowest BCUT2D eigenvalue weighted by molar-refractivity contribution is 0.292. The lowest BCUT2D eigenvalue weighted by atomic mass is 9.69. The topological polar surface area (TPSA) is 56.3 Å². The van der Waals surface area contributed by atoms with Gasteiger partial charge >= 0.3 is 0 Å². The Kier molecular flexibility index (Phi) is 8.16. The zero-order chi connectivity index (χ0) is 25.0. The fraction of sp³-hybridized carbons (Fsp3) is 0.607. The van der Waals surface area contributed by atoms with Crippen LogP contribution in [0.1, 0.15) is 76.7 Å². The van der Waals surface area contributed by atoms with E-state index in [9.17, 15) is 0 Å². The van der Waals surface area contributed by atoms with Gasteiger partial charge in [-0.2, -0.15) is 9.97 Å². The number of anilines is 3. The number of benzene rings is 1. The Labute approximate surface area is 226 Å². The van der Waals surface area contributed by atoms with Crippen LogP contribution in [-0.4, -0.2) is 47.3 Å². The molecule has 1 atom stereocenters. The third-order valence-corrected chi connectivity index (χ3v) is 8.77. The van der Waals surface area contributed by atoms with E-state index in [1.165, 1.54) is 56.9 Å². The van der Waals surface area contributed by atoms with Crippen molar-refractivity contribution < 1.29 is 0 Å². The van der Waals surface area contributed by atoms with E-state index in [1.54, 1.807) is 0 Å². The van der Waals surface area contributed by atoms with Crippen molar-refractivity contribution in [2.75, 3.05) is 41.3 Å². The summed E-state index contributed by atoms with van der Waals surface area (Å²) in [5, 5.41) is 8.24. The van der Waals surface area contributed by atoms with Gasteiger partial charge in [0.15, 0.2) is 5.11 Å². The predicted octanol–water partition coefficient (Wildman–Crippen LogP) is 6.30. The van der Waals surface area contributed by atoms with Crippen LogP contribution < -0.4 is 20.4 Å². The number of piperidine rings is 1. The second-order valence-electron chi connectivity index (χ2n) is 10.8. The number of aromatic nitrogens is 2. The Morgan fingerprint density at radius 2 is 1.75 bits per heavy atom. The third kappa shape index (κ3) is 5.88. The van der Waals surface area contributed by atoms with Crippen molar-refractivity contribution in [1.82, 2.24) is 15.3 Å². The minimum Gasteiger partial charge on any atom is -0.361 e. The maximum Gasteiger partial charge on any atom is 0.232 e. The molecule has 1 saturated carbocycles. The van der Waals surface area contributed by atoms with Gasteiger partial charge in [0.25, 0.3) is 0 Å². The van der Waals surface area contributed by atoms with Crippen molar-refractivity contribution in [2.45, 2.75) is 82.6 Å². The van der Waals surface area contributed by atoms with Gasteiger partial charge in [0.2, 0.25) is 5.95 Å². The first-order valence-corrected chi connectivity index (χ1v) is 14.5. The van der Waals surface area contributed by atoms with Gasteiger partial charge < -0.3 is 20.4 Å². The van der Waals surface area contributed by atoms with Crippen molar-refractivity contribution in [3.05, 3.63) is 40.9 Å². The molecule has 0 radical (unpaired) electrons. The number of thiocarbonyl (C=S) groups is 1. The molecule has 2 aliphatic heterocycles. The lowest BCUT2D eigenvalue weighted by Gasteiger charge is -2.38. The minimum atomic E-state index is 0.0432. The molecule has 1 unspecified atom stereocenters. The summed E-state index contributed by atoms with van der Waals surface area (Å²) in [6.07, 6.45) is 12.2. The molecular weight excluding hydrogens is 488 g/mol. The summed E-state index contributed by atoms with van der Waals surface area (Å²) in [4.78, 5) is 14.6. The zero-order valence-electron chi connectivity index (χ0n) is 21.4. The number of halogens is 1. The van der Waals surface area contributed by atoms with Gasteiger partial charge in [0.1, 0.15) is 11.6 Å². The third-order valence-electron chi connectivity index (χ3n) is 8.29. The molecule has 1 aliphatic carbocycles. The van der Waals surface area contributed by atoms with Crippen LogP contribution >= 0.6 is 23.8 Å². The van der Waals surface area contributed by atoms with E-state index in [-0.39, 0.29) is 5.41 Å². The summed E-state index contributed by atoms with van der Waals surface area (Å²) in [5.74, 6) is 2.60. The molecule has 3 heterocycles. The highest BCUT2D eigenvalue weighted by Gasteiger charge is 2.34. The normalized spacial score (nSPS) is 21.9. The largest absolute Gasteiger partial charge is 0.361 e. The zero-order valence-corrected chi connectivity index (χ0v) is 23.0. The highest BCUT2D eigenvalue weighted by Crippen LogP contribution is 2.40. The predicted molar refractivity (Wildman–Crippen MR) is 155 cm³/mol. The molecule has 1 aromatic carbocycles. The Morgan fingerprint density at radius 1 is 1.00 bits per heavy atom. The molecule has 1 aromatic heterocycles. The second-order valence-corrected chi connectivity index (χ2v) is 11.6. The first-order valence-electron chi connectivity index (χ1n) is 13.7. The number of hydrogen-bond donors (Lipinski definition) is 2. The van der Waals surface area contributed by atoms with E-state index < -0.39 is 0 Å². The fourth-order valence-electron chi connectivity index (χ4n) is 6.18. The van der Waals surface area contributed by atoms with Crippen LogP contribution in [0.2, 0.25) is 5.02 Å². The lowest BCUT2D eigenvalue weighted by Crippen LogP contribution is -2.43. The molecule has 0 spiro atoms. The summed E-state index contributed by atoms with van der Waals surface area (Å²) >= 11 is 12.1. The van der Waals surface area contributed by atoms with Crippen molar-refractivity contribution in [3.63, 3.8) is 0 Å². The molecule has 2 N–H and O–H groups in total. The summed E-state index contributed by atoms with van der Waals surface area (Å²) < 4.78 is 0. The van der Waals surface area contributed by atoms with Gasteiger partial charge in [0, 0.05) is 48.7 Å². The van der Waals surface area contributed by atoms with Crippen LogP contribution in [0, 0.1) is 0 Å². The Hall–Kier alpha value is -2.12. The fourth-order valence-corrected chi connectivity index (χ4v) is 6.54. The van der Waals surface area contributed by atoms with Crippen molar-refractivity contribution in [2.24, 2.45) is 0 Å². The van der Waals surface area contributed by atoms with E-state index >= 15 is 0 Å². The average molecular weight is 527 g/mol. The number of nitrogens with one attached hydrogen (secondary N) is 2. The first kappa shape index (κ1) is 25.5. The van der Waals surface area contributed by atoms with Gasteiger partial charge in [-0.1, -0.05) is 43.0 Å². The highest BCUT2D eigenvalue weighted by atomic mass is 35.5. The molecule has 2 saturated heterocycles. The second kappa shape index (κ2) is 11.5. The van der Waals surface area contributed by atoms with Crippen LogP contribution in [0.4, 0.5) is 17.6 Å². The van der Waals surface area contributed by atoms with Gasteiger partial charge in [-0.3, -0.25) is 0 Å². The molecule has 2 aromatic rings. The SMILES string of the molecule is CC1CCCCN1c1cc(N2CCCC2)nc(NC(=S)NCC2(c3cccc(Cl)c3)CCCCC2)n1. The van der Waals surface area contributed by atoms with Crippen molar-refractivity contribution >= 4 is 46.5 Å². The van der Waals surface area contributed by atoms with E-state index in [2.05, 4.69) is 51.6 Å². The van der Waals surface area contributed by atoms with Gasteiger partial charge in [0.05, 0.1) is 0 Å². The van der Waals surface area contributed by atoms with Crippen LogP contribution in [0.5, 0.6) is 0 Å². The highest BCUT2D eigenvalue weighted by molar-refractivity contribution is 7.80. The van der Waals surface area contributed by atoms with Crippen molar-refractivity contribution in [1.29, 1.82) is 0 Å². The van der Waals surface area contributed by atoms with E-state index in [0.717, 1.165) is 55.7 Å². The molecule has 194 valence electrons. The molecule has 6 nitrogen and oxygen atoms in total. The monoisotopic (exact) mass is 526 g/mol. The Morgan fingerprint density at radius 3 is 2.50 bits per heavy atom. The summed E-state index contributed by atoms with van der Waals surface area (Å²) in [6.45, 7) is 6.23. The number of nitrogens with zero attached hydrogens (tertiary/aromatic N) is 4. The van der Waals surface area contributed by atoms with Gasteiger partial charge in [-0.25, -0.2) is 0 Å². The van der Waals surface area contributed by atoms with Gasteiger partial charge in [-0.15, -0.1) is 0 Å². The van der Waals surface area contributed by atoms with Crippen LogP contribution in [0.3, 0.4) is 0 Å². The molecule has 3 aliphatic rings. The summed E-state index contributed by atoms with van der Waals surface area (Å²) in [5.41, 5.74) is 1.35. The minimum absolute atomic E-state index is 0.0432. The number of rotatable bonds is 6. The number of hydrogen-bond acceptors (Lipinski definition) is 5. The maximum atomic E-state index is 6.37. The quantitative estimate of drug-likeness (QED) is 0.428. The van der Waals surface area contributed by atoms with Crippen LogP contribution in [-0.2, 0) is 5.41 Å². The summed E-state index contributed by atoms with van der Waals surface area (Å²) in [6, 6.07) is 11.0. The van der Waals surface area contributed by atoms with Gasteiger partial charge in [-0.05, 0) is 81.8 Å². The molecular formula is C28H39ClN6S. The van der Waals surface area contributed by atoms with Crippen LogP contribution in [0.25, 0.3) is 0 Å². The van der Waals surface area contributed by atoms with Crippen LogP contribution in [0.15, 0.2) is 30.3 Å². The standard InChI is InChI=1S/C28H39ClN6S/c1-21-10-3-6-17-35(21)25-19-24(34-15-7-8-16-34)31-26(32-25)33-27(36)30-20-28(13-4-2-5-14-28)22-11-9-12-23(29)18-22/h9,11-12,18-19,21H,2-8,10,13-17,20H2,1H3,(H2,30,31,32,33,36). The molecule has 36 heavy (non-hydrogen) atoms. The van der Waals surface area contributed by atoms with Crippen molar-refractivity contribution in [3.8, 4) is 0 Å². The smallest absolute Gasteiger partial charge is 0.232 e.